The molecule has 144 valence electrons. The standard InChI is InChI=1S/C23H23NO4/c1-2-7-15-12-21(22(25)26)24(13-15)23(27)28-14-20-18-10-5-3-8-16(18)17-9-4-6-11-19(17)20/h2-6,8-11,15,20-21H,1,7,12-14H2,(H,25,26). The molecule has 0 radical (unpaired) electrons. The Labute approximate surface area is 164 Å². The monoisotopic (exact) mass is 377 g/mol. The number of hydrogen-bond donors (Lipinski definition) is 1. The van der Waals surface area contributed by atoms with Crippen molar-refractivity contribution in [3.63, 3.8) is 0 Å². The maximum absolute atomic E-state index is 12.7. The zero-order valence-corrected chi connectivity index (χ0v) is 15.6. The van der Waals surface area contributed by atoms with Crippen LogP contribution in [0.2, 0.25) is 0 Å². The highest BCUT2D eigenvalue weighted by Crippen LogP contribution is 2.44. The van der Waals surface area contributed by atoms with Gasteiger partial charge >= 0.3 is 12.1 Å². The number of benzene rings is 2. The lowest BCUT2D eigenvalue weighted by atomic mass is 9.98. The first-order valence-electron chi connectivity index (χ1n) is 9.55. The van der Waals surface area contributed by atoms with Crippen molar-refractivity contribution in [1.29, 1.82) is 0 Å². The van der Waals surface area contributed by atoms with Gasteiger partial charge < -0.3 is 9.84 Å². The van der Waals surface area contributed by atoms with Crippen molar-refractivity contribution in [2.75, 3.05) is 13.2 Å². The van der Waals surface area contributed by atoms with Gasteiger partial charge in [-0.25, -0.2) is 9.59 Å². The predicted molar refractivity (Wildman–Crippen MR) is 106 cm³/mol. The van der Waals surface area contributed by atoms with Gasteiger partial charge in [-0.3, -0.25) is 4.90 Å². The van der Waals surface area contributed by atoms with Crippen molar-refractivity contribution in [2.24, 2.45) is 5.92 Å². The van der Waals surface area contributed by atoms with Crippen LogP contribution in [0, 0.1) is 5.92 Å². The Morgan fingerprint density at radius 2 is 1.71 bits per heavy atom. The van der Waals surface area contributed by atoms with E-state index in [1.54, 1.807) is 6.08 Å². The molecule has 5 nitrogen and oxygen atoms in total. The van der Waals surface area contributed by atoms with E-state index in [-0.39, 0.29) is 18.4 Å². The molecular formula is C23H23NO4. The highest BCUT2D eigenvalue weighted by molar-refractivity contribution is 5.81. The highest BCUT2D eigenvalue weighted by atomic mass is 16.6. The lowest BCUT2D eigenvalue weighted by Gasteiger charge is -2.22. The average Bonchev–Trinajstić information content (AvgIpc) is 3.26. The number of hydrogen-bond acceptors (Lipinski definition) is 3. The number of likely N-dealkylation sites (tertiary alicyclic amines) is 1. The smallest absolute Gasteiger partial charge is 0.410 e. The van der Waals surface area contributed by atoms with Gasteiger partial charge in [0, 0.05) is 12.5 Å². The second-order valence-electron chi connectivity index (χ2n) is 7.44. The van der Waals surface area contributed by atoms with Gasteiger partial charge in [-0.05, 0) is 41.0 Å². The van der Waals surface area contributed by atoms with Crippen LogP contribution in [0.3, 0.4) is 0 Å². The van der Waals surface area contributed by atoms with E-state index in [2.05, 4.69) is 30.8 Å². The third-order valence-corrected chi connectivity index (χ3v) is 5.74. The fraction of sp³-hybridized carbons (Fsp3) is 0.304. The molecule has 0 spiro atoms. The molecule has 1 saturated heterocycles. The third-order valence-electron chi connectivity index (χ3n) is 5.74. The molecule has 2 aromatic rings. The van der Waals surface area contributed by atoms with Gasteiger partial charge in [0.25, 0.3) is 0 Å². The summed E-state index contributed by atoms with van der Waals surface area (Å²) in [5.74, 6) is -0.912. The predicted octanol–water partition coefficient (Wildman–Crippen LogP) is 4.29. The van der Waals surface area contributed by atoms with Gasteiger partial charge in [0.15, 0.2) is 0 Å². The van der Waals surface area contributed by atoms with E-state index in [0.717, 1.165) is 22.3 Å². The Morgan fingerprint density at radius 3 is 2.29 bits per heavy atom. The summed E-state index contributed by atoms with van der Waals surface area (Å²) < 4.78 is 5.63. The first kappa shape index (κ1) is 18.3. The highest BCUT2D eigenvalue weighted by Gasteiger charge is 2.40. The van der Waals surface area contributed by atoms with Crippen LogP contribution in [-0.4, -0.2) is 41.3 Å². The van der Waals surface area contributed by atoms with Crippen LogP contribution in [0.15, 0.2) is 61.2 Å². The molecule has 2 aromatic carbocycles. The van der Waals surface area contributed by atoms with Crippen LogP contribution in [0.5, 0.6) is 0 Å². The summed E-state index contributed by atoms with van der Waals surface area (Å²) in [6, 6.07) is 15.4. The van der Waals surface area contributed by atoms with Gasteiger partial charge in [0.2, 0.25) is 0 Å². The van der Waals surface area contributed by atoms with Crippen LogP contribution in [-0.2, 0) is 9.53 Å². The molecule has 1 aliphatic heterocycles. The number of carboxylic acid groups (broad SMARTS) is 1. The maximum Gasteiger partial charge on any atom is 0.410 e. The molecule has 4 rings (SSSR count). The summed E-state index contributed by atoms with van der Waals surface area (Å²) in [4.78, 5) is 25.6. The molecule has 1 fully saturated rings. The maximum atomic E-state index is 12.7. The van der Waals surface area contributed by atoms with Gasteiger partial charge in [-0.2, -0.15) is 0 Å². The minimum Gasteiger partial charge on any atom is -0.480 e. The molecule has 2 atom stereocenters. The number of aliphatic carboxylic acids is 1. The molecule has 28 heavy (non-hydrogen) atoms. The Hall–Kier alpha value is -3.08. The lowest BCUT2D eigenvalue weighted by Crippen LogP contribution is -2.41. The summed E-state index contributed by atoms with van der Waals surface area (Å²) in [5.41, 5.74) is 4.60. The van der Waals surface area contributed by atoms with Crippen LogP contribution in [0.4, 0.5) is 4.79 Å². The third kappa shape index (κ3) is 3.17. The van der Waals surface area contributed by atoms with E-state index in [1.165, 1.54) is 4.90 Å². The van der Waals surface area contributed by atoms with Crippen LogP contribution in [0.25, 0.3) is 11.1 Å². The number of carbonyl (C=O) groups is 2. The fourth-order valence-corrected chi connectivity index (χ4v) is 4.44. The molecule has 2 aliphatic rings. The Balaban J connectivity index is 1.51. The number of rotatable bonds is 5. The van der Waals surface area contributed by atoms with E-state index in [1.807, 2.05) is 24.3 Å². The number of fused-ring (bicyclic) bond motifs is 3. The van der Waals surface area contributed by atoms with Crippen molar-refractivity contribution < 1.29 is 19.4 Å². The largest absolute Gasteiger partial charge is 0.480 e. The molecule has 2 unspecified atom stereocenters. The Morgan fingerprint density at radius 1 is 1.11 bits per heavy atom. The zero-order valence-electron chi connectivity index (χ0n) is 15.6. The van der Waals surface area contributed by atoms with Crippen molar-refractivity contribution in [2.45, 2.75) is 24.8 Å². The number of carbonyl (C=O) groups excluding carboxylic acids is 1. The summed E-state index contributed by atoms with van der Waals surface area (Å²) in [6.07, 6.45) is 2.34. The normalized spacial score (nSPS) is 20.5. The lowest BCUT2D eigenvalue weighted by molar-refractivity contribution is -0.141. The number of carboxylic acids is 1. The van der Waals surface area contributed by atoms with Gasteiger partial charge in [-0.15, -0.1) is 6.58 Å². The summed E-state index contributed by atoms with van der Waals surface area (Å²) in [5, 5.41) is 9.48. The van der Waals surface area contributed by atoms with E-state index >= 15 is 0 Å². The number of ether oxygens (including phenoxy) is 1. The Bertz CT molecular complexity index is 877. The molecule has 5 heteroatoms. The fourth-order valence-electron chi connectivity index (χ4n) is 4.44. The number of allylic oxidation sites excluding steroid dienone is 1. The molecule has 0 aromatic heterocycles. The summed E-state index contributed by atoms with van der Waals surface area (Å²) >= 11 is 0. The zero-order chi connectivity index (χ0) is 19.7. The number of amides is 1. The van der Waals surface area contributed by atoms with E-state index in [0.29, 0.717) is 19.4 Å². The summed E-state index contributed by atoms with van der Waals surface area (Å²) in [6.45, 7) is 4.30. The average molecular weight is 377 g/mol. The van der Waals surface area contributed by atoms with Crippen LogP contribution >= 0.6 is 0 Å². The SMILES string of the molecule is C=CCC1CC(C(=O)O)N(C(=O)OCC2c3ccccc3-c3ccccc32)C1. The molecular weight excluding hydrogens is 354 g/mol. The van der Waals surface area contributed by atoms with Gasteiger partial charge in [0.1, 0.15) is 12.6 Å². The van der Waals surface area contributed by atoms with Crippen molar-refractivity contribution in [3.05, 3.63) is 72.3 Å². The molecule has 0 bridgehead atoms. The second kappa shape index (κ2) is 7.50. The molecule has 1 amide bonds. The van der Waals surface area contributed by atoms with Gasteiger partial charge in [-0.1, -0.05) is 54.6 Å². The van der Waals surface area contributed by atoms with Crippen molar-refractivity contribution in [3.8, 4) is 11.1 Å². The minimum atomic E-state index is -0.986. The quantitative estimate of drug-likeness (QED) is 0.790. The van der Waals surface area contributed by atoms with Crippen LogP contribution < -0.4 is 0 Å². The van der Waals surface area contributed by atoms with Crippen molar-refractivity contribution in [1.82, 2.24) is 4.90 Å². The molecule has 1 N–H and O–H groups in total. The first-order chi connectivity index (χ1) is 13.6. The molecule has 1 aliphatic carbocycles. The van der Waals surface area contributed by atoms with E-state index in [4.69, 9.17) is 4.74 Å². The second-order valence-corrected chi connectivity index (χ2v) is 7.44. The molecule has 0 saturated carbocycles. The summed E-state index contributed by atoms with van der Waals surface area (Å²) in [7, 11) is 0. The molecule has 1 heterocycles. The number of nitrogens with zero attached hydrogens (tertiary/aromatic N) is 1. The topological polar surface area (TPSA) is 66.8 Å². The minimum absolute atomic E-state index is 0.0359. The van der Waals surface area contributed by atoms with Crippen LogP contribution in [0.1, 0.15) is 29.9 Å². The Kier molecular flexibility index (Phi) is 4.90. The first-order valence-corrected chi connectivity index (χ1v) is 9.55. The van der Waals surface area contributed by atoms with Crippen molar-refractivity contribution >= 4 is 12.1 Å². The van der Waals surface area contributed by atoms with Gasteiger partial charge in [0.05, 0.1) is 0 Å². The van der Waals surface area contributed by atoms with E-state index in [9.17, 15) is 14.7 Å². The van der Waals surface area contributed by atoms with E-state index < -0.39 is 18.1 Å².